The van der Waals surface area contributed by atoms with Crippen molar-refractivity contribution in [1.29, 1.82) is 0 Å². The summed E-state index contributed by atoms with van der Waals surface area (Å²) in [6.07, 6.45) is 2.86. The molecule has 0 radical (unpaired) electrons. The number of carbonyl (C=O) groups excluding carboxylic acids is 1. The highest BCUT2D eigenvalue weighted by Crippen LogP contribution is 2.21. The highest BCUT2D eigenvalue weighted by molar-refractivity contribution is 5.78. The van der Waals surface area contributed by atoms with Gasteiger partial charge in [-0.1, -0.05) is 45.0 Å². The highest BCUT2D eigenvalue weighted by Gasteiger charge is 2.09. The van der Waals surface area contributed by atoms with Crippen LogP contribution in [0, 0.1) is 5.41 Å². The summed E-state index contributed by atoms with van der Waals surface area (Å²) in [5, 5.41) is 0. The average Bonchev–Trinajstić information content (AvgIpc) is 2.14. The van der Waals surface area contributed by atoms with Gasteiger partial charge in [-0.25, -0.2) is 0 Å². The molecule has 0 unspecified atom stereocenters. The van der Waals surface area contributed by atoms with Crippen LogP contribution in [-0.2, 0) is 17.6 Å². The molecule has 1 aromatic rings. The van der Waals surface area contributed by atoms with Gasteiger partial charge in [-0.3, -0.25) is 4.79 Å². The number of rotatable bonds is 4. The van der Waals surface area contributed by atoms with E-state index in [1.54, 1.807) is 6.92 Å². The Hall–Kier alpha value is -1.11. The zero-order valence-corrected chi connectivity index (χ0v) is 10.8. The minimum atomic E-state index is 0.224. The van der Waals surface area contributed by atoms with Gasteiger partial charge in [0.25, 0.3) is 0 Å². The fourth-order valence-corrected chi connectivity index (χ4v) is 1.63. The molecule has 0 aliphatic carbocycles. The average molecular weight is 218 g/mol. The molecule has 16 heavy (non-hydrogen) atoms. The Labute approximate surface area is 98.9 Å². The molecule has 1 rings (SSSR count). The van der Waals surface area contributed by atoms with Crippen LogP contribution in [0.2, 0.25) is 0 Å². The van der Waals surface area contributed by atoms with Crippen molar-refractivity contribution in [2.45, 2.75) is 47.0 Å². The Morgan fingerprint density at radius 1 is 1.06 bits per heavy atom. The molecule has 0 heterocycles. The monoisotopic (exact) mass is 218 g/mol. The first-order valence-corrected chi connectivity index (χ1v) is 5.94. The lowest BCUT2D eigenvalue weighted by Crippen LogP contribution is -2.06. The number of benzene rings is 1. The third kappa shape index (κ3) is 5.11. The van der Waals surface area contributed by atoms with E-state index in [0.29, 0.717) is 11.8 Å². The third-order valence-corrected chi connectivity index (χ3v) is 2.64. The second-order valence-electron chi connectivity index (χ2n) is 5.76. The van der Waals surface area contributed by atoms with Crippen molar-refractivity contribution in [3.05, 3.63) is 35.4 Å². The molecule has 1 aromatic carbocycles. The Bertz CT molecular complexity index is 341. The molecule has 0 bridgehead atoms. The summed E-state index contributed by atoms with van der Waals surface area (Å²) in [6, 6.07) is 8.42. The Morgan fingerprint density at radius 3 is 2.00 bits per heavy atom. The quantitative estimate of drug-likeness (QED) is 0.751. The Balaban J connectivity index is 2.55. The number of Topliss-reactive ketones (excluding diaryl/α,β-unsaturated/α-hetero) is 1. The van der Waals surface area contributed by atoms with Crippen molar-refractivity contribution in [2.24, 2.45) is 5.41 Å². The first kappa shape index (κ1) is 13.0. The van der Waals surface area contributed by atoms with E-state index in [1.165, 1.54) is 12.0 Å². The van der Waals surface area contributed by atoms with Gasteiger partial charge >= 0.3 is 0 Å². The zero-order valence-electron chi connectivity index (χ0n) is 10.8. The fraction of sp³-hybridized carbons (Fsp3) is 0.533. The van der Waals surface area contributed by atoms with Gasteiger partial charge < -0.3 is 0 Å². The minimum Gasteiger partial charge on any atom is -0.300 e. The van der Waals surface area contributed by atoms with Crippen LogP contribution in [0.3, 0.4) is 0 Å². The van der Waals surface area contributed by atoms with Crippen molar-refractivity contribution in [3.63, 3.8) is 0 Å². The topological polar surface area (TPSA) is 17.1 Å². The number of carbonyl (C=O) groups is 1. The van der Waals surface area contributed by atoms with Crippen LogP contribution < -0.4 is 0 Å². The maximum absolute atomic E-state index is 11.0. The van der Waals surface area contributed by atoms with E-state index in [9.17, 15) is 4.79 Å². The highest BCUT2D eigenvalue weighted by atomic mass is 16.1. The van der Waals surface area contributed by atoms with Crippen molar-refractivity contribution >= 4 is 5.78 Å². The molecule has 0 amide bonds. The Morgan fingerprint density at radius 2 is 1.56 bits per heavy atom. The number of aryl methyl sites for hydroxylation is 1. The molecule has 0 N–H and O–H groups in total. The van der Waals surface area contributed by atoms with Gasteiger partial charge in [0.1, 0.15) is 5.78 Å². The van der Waals surface area contributed by atoms with Gasteiger partial charge in [0.2, 0.25) is 0 Å². The summed E-state index contributed by atoms with van der Waals surface area (Å²) in [4.78, 5) is 11.0. The van der Waals surface area contributed by atoms with E-state index < -0.39 is 0 Å². The van der Waals surface area contributed by atoms with E-state index in [2.05, 4.69) is 45.0 Å². The molecule has 88 valence electrons. The molecule has 0 saturated carbocycles. The van der Waals surface area contributed by atoms with Crippen LogP contribution in [0.1, 0.15) is 45.2 Å². The number of hydrogen-bond acceptors (Lipinski definition) is 1. The predicted molar refractivity (Wildman–Crippen MR) is 68.6 cm³/mol. The van der Waals surface area contributed by atoms with Crippen LogP contribution in [0.25, 0.3) is 0 Å². The van der Waals surface area contributed by atoms with Gasteiger partial charge in [0.15, 0.2) is 0 Å². The standard InChI is InChI=1S/C15H22O/c1-12(16)11-14-7-5-13(6-8-14)9-10-15(2,3)4/h5-8H,9-11H2,1-4H3. The van der Waals surface area contributed by atoms with Gasteiger partial charge in [0.05, 0.1) is 0 Å². The maximum atomic E-state index is 11.0. The fourth-order valence-electron chi connectivity index (χ4n) is 1.63. The number of ketones is 1. The second kappa shape index (κ2) is 5.29. The molecular formula is C15H22O. The van der Waals surface area contributed by atoms with Crippen LogP contribution in [0.15, 0.2) is 24.3 Å². The molecule has 0 spiro atoms. The predicted octanol–water partition coefficient (Wildman–Crippen LogP) is 3.80. The summed E-state index contributed by atoms with van der Waals surface area (Å²) in [5.41, 5.74) is 2.87. The van der Waals surface area contributed by atoms with Gasteiger partial charge in [-0.05, 0) is 36.3 Å². The van der Waals surface area contributed by atoms with E-state index >= 15 is 0 Å². The lowest BCUT2D eigenvalue weighted by atomic mass is 9.88. The minimum absolute atomic E-state index is 0.224. The van der Waals surface area contributed by atoms with Crippen LogP contribution in [0.5, 0.6) is 0 Å². The van der Waals surface area contributed by atoms with Crippen LogP contribution in [-0.4, -0.2) is 5.78 Å². The van der Waals surface area contributed by atoms with Crippen molar-refractivity contribution in [3.8, 4) is 0 Å². The molecule has 0 atom stereocenters. The zero-order chi connectivity index (χ0) is 12.2. The SMILES string of the molecule is CC(=O)Cc1ccc(CCC(C)(C)C)cc1. The van der Waals surface area contributed by atoms with Crippen molar-refractivity contribution < 1.29 is 4.79 Å². The van der Waals surface area contributed by atoms with Gasteiger partial charge in [-0.15, -0.1) is 0 Å². The lowest BCUT2D eigenvalue weighted by Gasteiger charge is -2.17. The summed E-state index contributed by atoms with van der Waals surface area (Å²) in [7, 11) is 0. The lowest BCUT2D eigenvalue weighted by molar-refractivity contribution is -0.116. The maximum Gasteiger partial charge on any atom is 0.134 e. The molecule has 0 aromatic heterocycles. The molecule has 0 aliphatic heterocycles. The summed E-state index contributed by atoms with van der Waals surface area (Å²) in [5.74, 6) is 0.224. The molecular weight excluding hydrogens is 196 g/mol. The van der Waals surface area contributed by atoms with Crippen molar-refractivity contribution in [2.75, 3.05) is 0 Å². The van der Waals surface area contributed by atoms with E-state index in [-0.39, 0.29) is 5.78 Å². The summed E-state index contributed by atoms with van der Waals surface area (Å²) in [6.45, 7) is 8.42. The van der Waals surface area contributed by atoms with Crippen LogP contribution in [0.4, 0.5) is 0 Å². The van der Waals surface area contributed by atoms with Gasteiger partial charge in [-0.2, -0.15) is 0 Å². The third-order valence-electron chi connectivity index (χ3n) is 2.64. The molecule has 0 fully saturated rings. The molecule has 1 nitrogen and oxygen atoms in total. The molecule has 1 heteroatoms. The first-order valence-electron chi connectivity index (χ1n) is 5.94. The molecule has 0 aliphatic rings. The van der Waals surface area contributed by atoms with E-state index in [1.807, 2.05) is 0 Å². The second-order valence-corrected chi connectivity index (χ2v) is 5.76. The first-order chi connectivity index (χ1) is 7.37. The smallest absolute Gasteiger partial charge is 0.134 e. The summed E-state index contributed by atoms with van der Waals surface area (Å²) < 4.78 is 0. The van der Waals surface area contributed by atoms with E-state index in [4.69, 9.17) is 0 Å². The summed E-state index contributed by atoms with van der Waals surface area (Å²) >= 11 is 0. The normalized spacial score (nSPS) is 11.5. The number of hydrogen-bond donors (Lipinski definition) is 0. The Kier molecular flexibility index (Phi) is 4.28. The van der Waals surface area contributed by atoms with E-state index in [0.717, 1.165) is 12.0 Å². The van der Waals surface area contributed by atoms with Crippen molar-refractivity contribution in [1.82, 2.24) is 0 Å². The molecule has 0 saturated heterocycles. The largest absolute Gasteiger partial charge is 0.300 e. The van der Waals surface area contributed by atoms with Gasteiger partial charge in [0, 0.05) is 6.42 Å². The van der Waals surface area contributed by atoms with Crippen LogP contribution >= 0.6 is 0 Å².